The SMILES string of the molecule is CC(=O)NC1[C@H](OCCCCC(=O)NCCCCCC(=O)NCCCN(CCCN(CCCNC(=O)CCCCCNC(=O)CCCCO[C@@H]2OC(CO)[C@H](O)[C@H](O)C2NC(C)=O)C(=O)C(O)COP(C)(=O)O)C(=O)CCCCCNC(=O)CCCCO[C@@H]2OC(CO)[C@H](O)[C@H](O)C2NC(C)=O)OC(CO)[C@H](O)[C@@H]1O. The number of carbonyl (C=O) groups is 10. The van der Waals surface area contributed by atoms with Gasteiger partial charge in [0.05, 0.1) is 26.4 Å². The highest BCUT2D eigenvalue weighted by molar-refractivity contribution is 7.51. The maximum absolute atomic E-state index is 13.9. The van der Waals surface area contributed by atoms with Crippen molar-refractivity contribution in [3.05, 3.63) is 0 Å². The van der Waals surface area contributed by atoms with Gasteiger partial charge in [0, 0.05) is 145 Å². The van der Waals surface area contributed by atoms with Gasteiger partial charge in [0.1, 0.15) is 73.1 Å². The molecule has 39 nitrogen and oxygen atoms in total. The van der Waals surface area contributed by atoms with Gasteiger partial charge < -0.3 is 141 Å². The van der Waals surface area contributed by atoms with E-state index in [1.165, 1.54) is 25.7 Å². The zero-order valence-corrected chi connectivity index (χ0v) is 65.0. The van der Waals surface area contributed by atoms with Gasteiger partial charge in [-0.1, -0.05) is 19.3 Å². The largest absolute Gasteiger partial charge is 0.394 e. The van der Waals surface area contributed by atoms with Gasteiger partial charge in [-0.15, -0.1) is 0 Å². The number of carbonyl (C=O) groups excluding carboxylic acids is 10. The van der Waals surface area contributed by atoms with Gasteiger partial charge in [0.2, 0.25) is 53.2 Å². The van der Waals surface area contributed by atoms with Crippen LogP contribution < -0.4 is 42.5 Å². The van der Waals surface area contributed by atoms with Gasteiger partial charge in [-0.3, -0.25) is 52.5 Å². The van der Waals surface area contributed by atoms with Crippen molar-refractivity contribution in [2.24, 2.45) is 0 Å². The smallest absolute Gasteiger partial charge is 0.325 e. The minimum absolute atomic E-state index is 0.0221. The van der Waals surface area contributed by atoms with Crippen LogP contribution in [0.2, 0.25) is 0 Å². The monoisotopic (exact) mass is 1600 g/mol. The maximum atomic E-state index is 13.9. The number of unbranched alkanes of at least 4 members (excludes halogenated alkanes) is 9. The van der Waals surface area contributed by atoms with E-state index in [0.29, 0.717) is 122 Å². The van der Waals surface area contributed by atoms with Crippen molar-refractivity contribution in [3.8, 4) is 0 Å². The Labute approximate surface area is 642 Å². The van der Waals surface area contributed by atoms with Crippen LogP contribution in [0.4, 0.5) is 0 Å². The van der Waals surface area contributed by atoms with Crippen molar-refractivity contribution >= 4 is 66.7 Å². The number of nitrogens with zero attached hydrogens (tertiary/aromatic N) is 2. The van der Waals surface area contributed by atoms with E-state index in [0.717, 1.165) is 6.66 Å². The van der Waals surface area contributed by atoms with Crippen LogP contribution in [0, 0.1) is 0 Å². The Hall–Kier alpha value is -5.79. The molecule has 8 unspecified atom stereocenters. The lowest BCUT2D eigenvalue weighted by atomic mass is 9.97. The Kier molecular flexibility index (Phi) is 49.8. The molecule has 0 aromatic rings. The zero-order chi connectivity index (χ0) is 81.6. The molecule has 19 N–H and O–H groups in total. The summed E-state index contributed by atoms with van der Waals surface area (Å²) >= 11 is 0. The summed E-state index contributed by atoms with van der Waals surface area (Å²) < 4.78 is 50.6. The van der Waals surface area contributed by atoms with Crippen molar-refractivity contribution < 1.29 is 141 Å². The van der Waals surface area contributed by atoms with E-state index in [4.69, 9.17) is 32.9 Å². The van der Waals surface area contributed by atoms with Crippen LogP contribution in [0.25, 0.3) is 0 Å². The molecule has 10 amide bonds. The number of ether oxygens (including phenoxy) is 6. The quantitative estimate of drug-likeness (QED) is 0.0202. The number of rotatable bonds is 58. The molecule has 0 spiro atoms. The van der Waals surface area contributed by atoms with Crippen molar-refractivity contribution in [2.45, 2.75) is 273 Å². The van der Waals surface area contributed by atoms with E-state index in [9.17, 15) is 108 Å². The Morgan fingerprint density at radius 2 is 0.673 bits per heavy atom. The van der Waals surface area contributed by atoms with E-state index < -0.39 is 156 Å². The molecule has 3 aliphatic heterocycles. The molecule has 0 bridgehead atoms. The summed E-state index contributed by atoms with van der Waals surface area (Å²) in [6.45, 7) is 4.27. The molecule has 636 valence electrons. The van der Waals surface area contributed by atoms with Gasteiger partial charge in [-0.05, 0) is 96.3 Å². The van der Waals surface area contributed by atoms with E-state index in [1.807, 2.05) is 0 Å². The fourth-order valence-electron chi connectivity index (χ4n) is 12.3. The summed E-state index contributed by atoms with van der Waals surface area (Å²) in [6.07, 6.45) is -7.70. The van der Waals surface area contributed by atoms with E-state index in [1.54, 1.807) is 4.90 Å². The summed E-state index contributed by atoms with van der Waals surface area (Å²) in [6, 6.07) is -3.24. The molecule has 0 saturated carbocycles. The van der Waals surface area contributed by atoms with Crippen LogP contribution in [-0.4, -0.2) is 335 Å². The second kappa shape index (κ2) is 55.6. The van der Waals surface area contributed by atoms with Crippen molar-refractivity contribution in [1.29, 1.82) is 0 Å². The Morgan fingerprint density at radius 1 is 0.391 bits per heavy atom. The number of aliphatic hydroxyl groups is 10. The van der Waals surface area contributed by atoms with Crippen LogP contribution in [0.5, 0.6) is 0 Å². The zero-order valence-electron chi connectivity index (χ0n) is 64.1. The van der Waals surface area contributed by atoms with E-state index in [-0.39, 0.29) is 146 Å². The van der Waals surface area contributed by atoms with Crippen LogP contribution in [0.1, 0.15) is 175 Å². The lowest BCUT2D eigenvalue weighted by Crippen LogP contribution is -2.64. The maximum Gasteiger partial charge on any atom is 0.325 e. The molecule has 3 heterocycles. The molecule has 0 aromatic heterocycles. The summed E-state index contributed by atoms with van der Waals surface area (Å²) in [5, 5.41) is 123. The summed E-state index contributed by atoms with van der Waals surface area (Å²) in [5.74, 6) is -3.53. The van der Waals surface area contributed by atoms with Gasteiger partial charge in [0.25, 0.3) is 5.91 Å². The molecule has 40 heteroatoms. The average Bonchev–Trinajstić information content (AvgIpc) is 0.820. The predicted molar refractivity (Wildman–Crippen MR) is 391 cm³/mol. The lowest BCUT2D eigenvalue weighted by Gasteiger charge is -2.42. The first-order chi connectivity index (χ1) is 52.4. The topological polar surface area (TPSA) is 578 Å². The molecular weight excluding hydrogens is 1480 g/mol. The van der Waals surface area contributed by atoms with Crippen LogP contribution >= 0.6 is 7.60 Å². The summed E-state index contributed by atoms with van der Waals surface area (Å²) in [5.41, 5.74) is 0. The molecule has 0 aliphatic carbocycles. The minimum Gasteiger partial charge on any atom is -0.394 e. The van der Waals surface area contributed by atoms with E-state index in [2.05, 4.69) is 42.5 Å². The molecule has 3 aliphatic rings. The van der Waals surface area contributed by atoms with Gasteiger partial charge >= 0.3 is 7.60 Å². The lowest BCUT2D eigenvalue weighted by molar-refractivity contribution is -0.270. The van der Waals surface area contributed by atoms with Gasteiger partial charge in [-0.25, -0.2) is 0 Å². The third-order valence-electron chi connectivity index (χ3n) is 18.3. The molecule has 3 saturated heterocycles. The van der Waals surface area contributed by atoms with Gasteiger partial charge in [0.15, 0.2) is 25.0 Å². The first-order valence-corrected chi connectivity index (χ1v) is 40.5. The first-order valence-electron chi connectivity index (χ1n) is 38.5. The molecule has 0 radical (unpaired) electrons. The number of amides is 10. The van der Waals surface area contributed by atoms with Crippen molar-refractivity contribution in [3.63, 3.8) is 0 Å². The predicted octanol–water partition coefficient (Wildman–Crippen LogP) is -4.34. The number of nitrogens with one attached hydrogen (secondary N) is 8. The molecular formula is C70H127N10O29P. The average molecular weight is 1600 g/mol. The highest BCUT2D eigenvalue weighted by Gasteiger charge is 2.48. The highest BCUT2D eigenvalue weighted by atomic mass is 31.2. The van der Waals surface area contributed by atoms with Crippen molar-refractivity contribution in [2.75, 3.05) is 112 Å². The Morgan fingerprint density at radius 3 is 0.982 bits per heavy atom. The van der Waals surface area contributed by atoms with Crippen LogP contribution in [0.15, 0.2) is 0 Å². The third kappa shape index (κ3) is 40.3. The molecule has 110 heavy (non-hydrogen) atoms. The summed E-state index contributed by atoms with van der Waals surface area (Å²) in [7, 11) is -4.09. The van der Waals surface area contributed by atoms with Gasteiger partial charge in [-0.2, -0.15) is 0 Å². The minimum atomic E-state index is -4.09. The number of hydrogen-bond acceptors (Lipinski definition) is 28. The van der Waals surface area contributed by atoms with Crippen molar-refractivity contribution in [1.82, 2.24) is 52.3 Å². The highest BCUT2D eigenvalue weighted by Crippen LogP contribution is 2.36. The second-order valence-electron chi connectivity index (χ2n) is 27.8. The fourth-order valence-corrected chi connectivity index (χ4v) is 12.7. The molecule has 3 fully saturated rings. The standard InChI is InChI=1S/C70H127N10O29P/c1-45(84)76-58-64(97)61(94)49(41-81)107-68(58)103-38-17-11-25-54(90)71-29-14-5-8-23-52(88)74-32-20-34-79(57(93)28-10-7-16-31-73-56(92)27-13-19-40-105-70-60(78-47(3)86)66(99)63(96)51(43-83)109-70)36-22-37-80(67(100)48(87)44-106-110(4,101)102)35-21-33-75-53(89)24-9-6-15-30-72-55(91)26-12-18-39-104-69-59(77-46(2)85)65(98)62(95)50(42-82)108-69/h48-51,58-66,68-70,81-83,87,94-99H,5-44H2,1-4H3,(H,71,90)(H,72,91)(H,73,92)(H,74,88)(H,75,89)(H,76,84)(H,77,85)(H,78,86)(H,101,102)/t48?,49?,50?,51?,58?,59?,60?,61-,62-,63-,64+,65+,66+,68+,69+,70+/m0/s1. The second-order valence-corrected chi connectivity index (χ2v) is 29.7. The van der Waals surface area contributed by atoms with Crippen LogP contribution in [-0.2, 0) is 85.5 Å². The molecule has 3 rings (SSSR count). The molecule has 0 aromatic carbocycles. The van der Waals surface area contributed by atoms with E-state index >= 15 is 0 Å². The number of aliphatic hydroxyl groups excluding tert-OH is 10. The Bertz CT molecular complexity index is 2770. The fraction of sp³-hybridized carbons (Fsp3) is 0.857. The number of hydrogen-bond donors (Lipinski definition) is 19. The Balaban J connectivity index is 1.46. The molecule has 17 atom stereocenters. The van der Waals surface area contributed by atoms with Crippen LogP contribution in [0.3, 0.4) is 0 Å². The first kappa shape index (κ1) is 98.4. The summed E-state index contributed by atoms with van der Waals surface area (Å²) in [4.78, 5) is 139. The normalized spacial score (nSPS) is 24.7. The third-order valence-corrected chi connectivity index (χ3v) is 18.9.